The van der Waals surface area contributed by atoms with Crippen molar-refractivity contribution in [1.29, 1.82) is 0 Å². The summed E-state index contributed by atoms with van der Waals surface area (Å²) in [6, 6.07) is 2.38. The lowest BCUT2D eigenvalue weighted by molar-refractivity contribution is -0.274. The van der Waals surface area contributed by atoms with Gasteiger partial charge in [0, 0.05) is 16.9 Å². The zero-order chi connectivity index (χ0) is 16.3. The maximum atomic E-state index is 12.2. The van der Waals surface area contributed by atoms with Gasteiger partial charge in [-0.15, -0.1) is 24.8 Å². The highest BCUT2D eigenvalue weighted by Gasteiger charge is 2.33. The maximum absolute atomic E-state index is 12.2. The van der Waals surface area contributed by atoms with Gasteiger partial charge in [-0.3, -0.25) is 4.79 Å². The molecule has 0 bridgehead atoms. The minimum atomic E-state index is -5.02. The minimum Gasteiger partial charge on any atom is -0.405 e. The van der Waals surface area contributed by atoms with E-state index in [4.69, 9.17) is 11.6 Å². The number of alkyl halides is 7. The van der Waals surface area contributed by atoms with Gasteiger partial charge in [-0.25, -0.2) is 0 Å². The fraction of sp³-hybridized carbons (Fsp3) is 0.364. The fourth-order valence-corrected chi connectivity index (χ4v) is 2.07. The predicted octanol–water partition coefficient (Wildman–Crippen LogP) is 4.55. The zero-order valence-corrected chi connectivity index (χ0v) is 11.6. The molecule has 10 heteroatoms. The van der Waals surface area contributed by atoms with Gasteiger partial charge in [0.2, 0.25) is 0 Å². The summed E-state index contributed by atoms with van der Waals surface area (Å²) in [5.74, 6) is -1.84. The van der Waals surface area contributed by atoms with Gasteiger partial charge >= 0.3 is 11.9 Å². The number of rotatable bonds is 5. The van der Waals surface area contributed by atoms with E-state index in [9.17, 15) is 31.1 Å². The molecule has 0 atom stereocenters. The van der Waals surface area contributed by atoms with Crippen molar-refractivity contribution < 1.29 is 35.9 Å². The van der Waals surface area contributed by atoms with Gasteiger partial charge in [0.1, 0.15) is 5.75 Å². The first-order chi connectivity index (χ1) is 9.50. The average Bonchev–Trinajstić information content (AvgIpc) is 2.28. The van der Waals surface area contributed by atoms with Crippen LogP contribution in [0.15, 0.2) is 23.1 Å². The second-order valence-electron chi connectivity index (χ2n) is 3.71. The molecule has 0 aliphatic carbocycles. The van der Waals surface area contributed by atoms with E-state index in [0.29, 0.717) is 0 Å². The second-order valence-corrected chi connectivity index (χ2v) is 5.12. The molecule has 0 saturated heterocycles. The van der Waals surface area contributed by atoms with Crippen LogP contribution in [0.25, 0.3) is 0 Å². The van der Waals surface area contributed by atoms with E-state index in [1.54, 1.807) is 0 Å². The van der Waals surface area contributed by atoms with Crippen molar-refractivity contribution in [3.05, 3.63) is 23.8 Å². The molecule has 0 aliphatic rings. The Labute approximate surface area is 124 Å². The van der Waals surface area contributed by atoms with Crippen LogP contribution in [0, 0.1) is 0 Å². The molecule has 0 fully saturated rings. The summed E-state index contributed by atoms with van der Waals surface area (Å²) in [4.78, 5) is 10.8. The number of benzene rings is 1. The summed E-state index contributed by atoms with van der Waals surface area (Å²) in [7, 11) is 0. The van der Waals surface area contributed by atoms with Crippen LogP contribution in [-0.4, -0.2) is 23.5 Å². The van der Waals surface area contributed by atoms with E-state index in [-0.39, 0.29) is 10.5 Å². The van der Waals surface area contributed by atoms with Crippen molar-refractivity contribution >= 4 is 29.1 Å². The van der Waals surface area contributed by atoms with Crippen LogP contribution in [0.4, 0.5) is 26.3 Å². The molecular weight excluding hydrogens is 346 g/mol. The van der Waals surface area contributed by atoms with Gasteiger partial charge in [0.25, 0.3) is 0 Å². The standard InChI is InChI=1S/C11H7ClF6O2S/c12-5-7(19)3-6-4-8(21-11(16,17)18)1-2-9(6)20-10(13,14)15/h1-2,4H,3,5H2. The van der Waals surface area contributed by atoms with E-state index in [2.05, 4.69) is 4.74 Å². The zero-order valence-electron chi connectivity index (χ0n) is 10.0. The summed E-state index contributed by atoms with van der Waals surface area (Å²) in [5, 5.41) is 0. The van der Waals surface area contributed by atoms with E-state index in [1.165, 1.54) is 0 Å². The van der Waals surface area contributed by atoms with Crippen LogP contribution in [-0.2, 0) is 11.2 Å². The fourth-order valence-electron chi connectivity index (χ4n) is 1.37. The van der Waals surface area contributed by atoms with Crippen molar-refractivity contribution in [3.8, 4) is 5.75 Å². The summed E-state index contributed by atoms with van der Waals surface area (Å²) in [5.41, 5.74) is -4.91. The van der Waals surface area contributed by atoms with Crippen LogP contribution in [0.2, 0.25) is 0 Å². The SMILES string of the molecule is O=C(CCl)Cc1cc(SC(F)(F)F)ccc1OC(F)(F)F. The Bertz CT molecular complexity index is 514. The molecule has 0 heterocycles. The van der Waals surface area contributed by atoms with Crippen molar-refractivity contribution in [2.24, 2.45) is 0 Å². The quantitative estimate of drug-likeness (QED) is 0.442. The lowest BCUT2D eigenvalue weighted by Gasteiger charge is -2.14. The molecule has 2 nitrogen and oxygen atoms in total. The van der Waals surface area contributed by atoms with E-state index in [0.717, 1.165) is 18.2 Å². The topological polar surface area (TPSA) is 26.3 Å². The smallest absolute Gasteiger partial charge is 0.405 e. The van der Waals surface area contributed by atoms with E-state index in [1.807, 2.05) is 0 Å². The number of ether oxygens (including phenoxy) is 1. The molecule has 1 rings (SSSR count). The first-order valence-corrected chi connectivity index (χ1v) is 6.57. The number of thioether (sulfide) groups is 1. The van der Waals surface area contributed by atoms with Gasteiger partial charge < -0.3 is 4.74 Å². The third-order valence-electron chi connectivity index (χ3n) is 2.03. The minimum absolute atomic E-state index is 0.313. The Balaban J connectivity index is 3.10. The highest BCUT2D eigenvalue weighted by molar-refractivity contribution is 8.00. The summed E-state index contributed by atoms with van der Waals surface area (Å²) in [6.45, 7) is 0. The van der Waals surface area contributed by atoms with Crippen molar-refractivity contribution in [1.82, 2.24) is 0 Å². The Hall–Kier alpha value is -1.09. The molecule has 0 unspecified atom stereocenters. The molecule has 0 aromatic heterocycles. The lowest BCUT2D eigenvalue weighted by atomic mass is 10.1. The van der Waals surface area contributed by atoms with Gasteiger partial charge in [0.05, 0.1) is 5.88 Å². The van der Waals surface area contributed by atoms with E-state index >= 15 is 0 Å². The van der Waals surface area contributed by atoms with Gasteiger partial charge in [-0.1, -0.05) is 0 Å². The molecule has 0 amide bonds. The lowest BCUT2D eigenvalue weighted by Crippen LogP contribution is -2.19. The molecule has 0 aliphatic heterocycles. The Morgan fingerprint density at radius 3 is 2.29 bits per heavy atom. The number of hydrogen-bond acceptors (Lipinski definition) is 3. The highest BCUT2D eigenvalue weighted by atomic mass is 35.5. The second kappa shape index (κ2) is 6.78. The number of carbonyl (C=O) groups excluding carboxylic acids is 1. The Morgan fingerprint density at radius 1 is 1.19 bits per heavy atom. The normalized spacial score (nSPS) is 12.3. The molecular formula is C11H7ClF6O2S. The molecule has 21 heavy (non-hydrogen) atoms. The van der Waals surface area contributed by atoms with Crippen LogP contribution < -0.4 is 4.74 Å². The van der Waals surface area contributed by atoms with Gasteiger partial charge in [0.15, 0.2) is 5.78 Å². The Kier molecular flexibility index (Phi) is 5.80. The third-order valence-corrected chi connectivity index (χ3v) is 3.05. The number of halogens is 7. The average molecular weight is 353 g/mol. The van der Waals surface area contributed by atoms with Crippen LogP contribution in [0.3, 0.4) is 0 Å². The maximum Gasteiger partial charge on any atom is 0.573 e. The largest absolute Gasteiger partial charge is 0.573 e. The molecule has 0 saturated carbocycles. The first-order valence-electron chi connectivity index (χ1n) is 5.22. The first kappa shape index (κ1) is 18.0. The number of hydrogen-bond donors (Lipinski definition) is 0. The van der Waals surface area contributed by atoms with Crippen LogP contribution >= 0.6 is 23.4 Å². The number of ketones is 1. The summed E-state index contributed by atoms with van der Waals surface area (Å²) >= 11 is 4.73. The Morgan fingerprint density at radius 2 is 1.81 bits per heavy atom. The van der Waals surface area contributed by atoms with Gasteiger partial charge in [-0.05, 0) is 30.0 Å². The monoisotopic (exact) mass is 352 g/mol. The van der Waals surface area contributed by atoms with Crippen molar-refractivity contribution in [2.75, 3.05) is 5.88 Å². The van der Waals surface area contributed by atoms with E-state index < -0.39 is 47.5 Å². The molecule has 118 valence electrons. The molecule has 1 aromatic carbocycles. The molecule has 1 aromatic rings. The van der Waals surface area contributed by atoms with Crippen LogP contribution in [0.5, 0.6) is 5.75 Å². The summed E-state index contributed by atoms with van der Waals surface area (Å²) < 4.78 is 77.0. The molecule has 0 spiro atoms. The highest BCUT2D eigenvalue weighted by Crippen LogP contribution is 2.39. The number of carbonyl (C=O) groups is 1. The summed E-state index contributed by atoms with van der Waals surface area (Å²) in [6.07, 6.45) is -5.57. The third kappa shape index (κ3) is 6.94. The number of Topliss-reactive ketones (excluding diaryl/α,β-unsaturated/α-hetero) is 1. The predicted molar refractivity (Wildman–Crippen MR) is 64.5 cm³/mol. The molecule has 0 N–H and O–H groups in total. The van der Waals surface area contributed by atoms with Crippen LogP contribution in [0.1, 0.15) is 5.56 Å². The van der Waals surface area contributed by atoms with Crippen molar-refractivity contribution in [2.45, 2.75) is 23.2 Å². The van der Waals surface area contributed by atoms with Gasteiger partial charge in [-0.2, -0.15) is 13.2 Å². The molecule has 0 radical (unpaired) electrons. The van der Waals surface area contributed by atoms with Crippen molar-refractivity contribution in [3.63, 3.8) is 0 Å².